The first kappa shape index (κ1) is 14.5. The van der Waals surface area contributed by atoms with Crippen molar-refractivity contribution in [2.45, 2.75) is 13.5 Å². The third kappa shape index (κ3) is 3.17. The Bertz CT molecular complexity index is 658. The Hall–Kier alpha value is -1.88. The van der Waals surface area contributed by atoms with E-state index in [1.54, 1.807) is 37.3 Å². The van der Waals surface area contributed by atoms with Crippen LogP contribution in [-0.2, 0) is 11.3 Å². The lowest BCUT2D eigenvalue weighted by molar-refractivity contribution is 0.0470. The number of nitrogens with two attached hydrogens (primary N) is 1. The monoisotopic (exact) mass is 337 g/mol. The van der Waals surface area contributed by atoms with Crippen molar-refractivity contribution in [1.29, 1.82) is 0 Å². The fourth-order valence-corrected chi connectivity index (χ4v) is 2.12. The highest BCUT2D eigenvalue weighted by Crippen LogP contribution is 2.22. The van der Waals surface area contributed by atoms with Crippen molar-refractivity contribution in [2.24, 2.45) is 0 Å². The Balaban J connectivity index is 2.13. The lowest BCUT2D eigenvalue weighted by Crippen LogP contribution is -2.08. The highest BCUT2D eigenvalue weighted by molar-refractivity contribution is 9.10. The lowest BCUT2D eigenvalue weighted by atomic mass is 10.1. The summed E-state index contributed by atoms with van der Waals surface area (Å²) >= 11 is 3.13. The zero-order chi connectivity index (χ0) is 14.7. The summed E-state index contributed by atoms with van der Waals surface area (Å²) in [5, 5.41) is 0. The van der Waals surface area contributed by atoms with Gasteiger partial charge in [-0.25, -0.2) is 9.18 Å². The summed E-state index contributed by atoms with van der Waals surface area (Å²) in [4.78, 5) is 12.0. The Labute approximate surface area is 124 Å². The smallest absolute Gasteiger partial charge is 0.338 e. The Morgan fingerprint density at radius 3 is 2.85 bits per heavy atom. The first-order chi connectivity index (χ1) is 9.49. The molecule has 104 valence electrons. The topological polar surface area (TPSA) is 52.3 Å². The molecule has 0 bridgehead atoms. The number of anilines is 1. The maximum Gasteiger partial charge on any atom is 0.338 e. The molecular formula is C15H13BrFNO2. The number of benzene rings is 2. The van der Waals surface area contributed by atoms with E-state index < -0.39 is 11.8 Å². The largest absolute Gasteiger partial charge is 0.457 e. The summed E-state index contributed by atoms with van der Waals surface area (Å²) in [6.45, 7) is 1.79. The highest BCUT2D eigenvalue weighted by Gasteiger charge is 2.13. The van der Waals surface area contributed by atoms with E-state index in [4.69, 9.17) is 10.5 Å². The molecule has 0 unspecified atom stereocenters. The van der Waals surface area contributed by atoms with E-state index in [0.717, 1.165) is 5.56 Å². The van der Waals surface area contributed by atoms with Gasteiger partial charge in [0.2, 0.25) is 0 Å². The number of esters is 1. The van der Waals surface area contributed by atoms with Gasteiger partial charge in [0.25, 0.3) is 0 Å². The molecular weight excluding hydrogens is 325 g/mol. The number of carbonyl (C=O) groups is 1. The average molecular weight is 338 g/mol. The van der Waals surface area contributed by atoms with Gasteiger partial charge in [0, 0.05) is 11.3 Å². The summed E-state index contributed by atoms with van der Waals surface area (Å²) in [5.74, 6) is -0.871. The Morgan fingerprint density at radius 1 is 1.35 bits per heavy atom. The molecule has 2 aromatic rings. The zero-order valence-electron chi connectivity index (χ0n) is 10.8. The molecule has 0 amide bonds. The second kappa shape index (κ2) is 6.05. The molecule has 5 heteroatoms. The lowest BCUT2D eigenvalue weighted by Gasteiger charge is -2.09. The number of halogens is 2. The van der Waals surface area contributed by atoms with Crippen LogP contribution in [0, 0.1) is 12.7 Å². The Morgan fingerprint density at radius 2 is 2.10 bits per heavy atom. The van der Waals surface area contributed by atoms with E-state index in [0.29, 0.717) is 21.3 Å². The second-order valence-electron chi connectivity index (χ2n) is 4.36. The molecule has 2 aromatic carbocycles. The minimum atomic E-state index is -0.481. The summed E-state index contributed by atoms with van der Waals surface area (Å²) < 4.78 is 18.8. The van der Waals surface area contributed by atoms with Crippen molar-refractivity contribution >= 4 is 27.6 Å². The van der Waals surface area contributed by atoms with Crippen LogP contribution in [0.15, 0.2) is 40.9 Å². The quantitative estimate of drug-likeness (QED) is 0.683. The fraction of sp³-hybridized carbons (Fsp3) is 0.133. The van der Waals surface area contributed by atoms with Crippen LogP contribution in [0.4, 0.5) is 10.1 Å². The van der Waals surface area contributed by atoms with Crippen LogP contribution in [0.2, 0.25) is 0 Å². The van der Waals surface area contributed by atoms with Gasteiger partial charge >= 0.3 is 5.97 Å². The number of hydrogen-bond donors (Lipinski definition) is 1. The van der Waals surface area contributed by atoms with Crippen LogP contribution in [-0.4, -0.2) is 5.97 Å². The molecule has 2 N–H and O–H groups in total. The van der Waals surface area contributed by atoms with Crippen LogP contribution >= 0.6 is 15.9 Å². The van der Waals surface area contributed by atoms with Gasteiger partial charge in [-0.3, -0.25) is 0 Å². The number of carbonyl (C=O) groups excluding carboxylic acids is 1. The molecule has 0 spiro atoms. The van der Waals surface area contributed by atoms with E-state index in [1.807, 2.05) is 0 Å². The van der Waals surface area contributed by atoms with Gasteiger partial charge in [-0.05, 0) is 46.6 Å². The first-order valence-corrected chi connectivity index (χ1v) is 6.74. The molecule has 0 atom stereocenters. The molecule has 0 radical (unpaired) electrons. The van der Waals surface area contributed by atoms with Crippen LogP contribution in [0.3, 0.4) is 0 Å². The summed E-state index contributed by atoms with van der Waals surface area (Å²) in [7, 11) is 0. The molecule has 0 aliphatic heterocycles. The first-order valence-electron chi connectivity index (χ1n) is 5.95. The number of nitrogen functional groups attached to an aromatic ring is 1. The fourth-order valence-electron chi connectivity index (χ4n) is 1.74. The molecule has 0 heterocycles. The van der Waals surface area contributed by atoms with Gasteiger partial charge in [0.15, 0.2) is 0 Å². The van der Waals surface area contributed by atoms with Crippen molar-refractivity contribution in [3.05, 3.63) is 63.4 Å². The normalized spacial score (nSPS) is 10.3. The van der Waals surface area contributed by atoms with Crippen molar-refractivity contribution in [3.8, 4) is 0 Å². The third-order valence-electron chi connectivity index (χ3n) is 2.87. The second-order valence-corrected chi connectivity index (χ2v) is 5.16. The Kier molecular flexibility index (Phi) is 4.39. The molecule has 20 heavy (non-hydrogen) atoms. The van der Waals surface area contributed by atoms with Crippen LogP contribution in [0.25, 0.3) is 0 Å². The van der Waals surface area contributed by atoms with Crippen LogP contribution in [0.5, 0.6) is 0 Å². The zero-order valence-corrected chi connectivity index (χ0v) is 12.4. The van der Waals surface area contributed by atoms with Gasteiger partial charge in [0.1, 0.15) is 12.4 Å². The van der Waals surface area contributed by atoms with Gasteiger partial charge in [0.05, 0.1) is 10.0 Å². The van der Waals surface area contributed by atoms with Crippen LogP contribution in [0.1, 0.15) is 21.5 Å². The van der Waals surface area contributed by atoms with E-state index in [2.05, 4.69) is 15.9 Å². The van der Waals surface area contributed by atoms with E-state index >= 15 is 0 Å². The molecule has 0 saturated heterocycles. The SMILES string of the molecule is Cc1ccc(N)cc1C(=O)OCc1cccc(F)c1Br. The molecule has 0 aliphatic rings. The van der Waals surface area contributed by atoms with Crippen molar-refractivity contribution in [1.82, 2.24) is 0 Å². The number of rotatable bonds is 3. The molecule has 0 aliphatic carbocycles. The maximum atomic E-state index is 13.3. The summed E-state index contributed by atoms with van der Waals surface area (Å²) in [5.41, 5.74) is 7.91. The molecule has 0 saturated carbocycles. The third-order valence-corrected chi connectivity index (χ3v) is 3.76. The number of ether oxygens (including phenoxy) is 1. The van der Waals surface area contributed by atoms with Crippen molar-refractivity contribution in [3.63, 3.8) is 0 Å². The van der Waals surface area contributed by atoms with E-state index in [-0.39, 0.29) is 6.61 Å². The predicted octanol–water partition coefficient (Wildman–Crippen LogP) is 3.84. The highest BCUT2D eigenvalue weighted by atomic mass is 79.9. The molecule has 3 nitrogen and oxygen atoms in total. The standard InChI is InChI=1S/C15H13BrFNO2/c1-9-5-6-11(18)7-12(9)15(19)20-8-10-3-2-4-13(17)14(10)16/h2-7H,8,18H2,1H3. The maximum absolute atomic E-state index is 13.3. The summed E-state index contributed by atoms with van der Waals surface area (Å²) in [6, 6.07) is 9.62. The number of hydrogen-bond acceptors (Lipinski definition) is 3. The minimum absolute atomic E-state index is 0.00852. The van der Waals surface area contributed by atoms with Gasteiger partial charge in [-0.1, -0.05) is 18.2 Å². The summed E-state index contributed by atoms with van der Waals surface area (Å²) in [6.07, 6.45) is 0. The number of aryl methyl sites for hydroxylation is 1. The van der Waals surface area contributed by atoms with Gasteiger partial charge in [-0.15, -0.1) is 0 Å². The van der Waals surface area contributed by atoms with Crippen molar-refractivity contribution in [2.75, 3.05) is 5.73 Å². The van der Waals surface area contributed by atoms with Crippen molar-refractivity contribution < 1.29 is 13.9 Å². The molecule has 0 fully saturated rings. The minimum Gasteiger partial charge on any atom is -0.457 e. The van der Waals surface area contributed by atoms with E-state index in [1.165, 1.54) is 6.07 Å². The van der Waals surface area contributed by atoms with E-state index in [9.17, 15) is 9.18 Å². The average Bonchev–Trinajstić information content (AvgIpc) is 2.43. The van der Waals surface area contributed by atoms with Crippen LogP contribution < -0.4 is 5.73 Å². The van der Waals surface area contributed by atoms with Gasteiger partial charge < -0.3 is 10.5 Å². The molecule has 2 rings (SSSR count). The predicted molar refractivity (Wildman–Crippen MR) is 78.8 cm³/mol. The van der Waals surface area contributed by atoms with Gasteiger partial charge in [-0.2, -0.15) is 0 Å². The molecule has 0 aromatic heterocycles.